The molecule has 0 saturated heterocycles. The second-order valence-corrected chi connectivity index (χ2v) is 6.26. The summed E-state index contributed by atoms with van der Waals surface area (Å²) in [4.78, 5) is 28.2. The lowest BCUT2D eigenvalue weighted by Crippen LogP contribution is -2.23. The first-order valence-corrected chi connectivity index (χ1v) is 8.88. The van der Waals surface area contributed by atoms with Gasteiger partial charge in [-0.2, -0.15) is 0 Å². The Morgan fingerprint density at radius 1 is 0.929 bits per heavy atom. The molecule has 0 aliphatic heterocycles. The summed E-state index contributed by atoms with van der Waals surface area (Å²) in [6.07, 6.45) is 1.30. The fraction of sp³-hybridized carbons (Fsp3) is 0.136. The number of carbonyl (C=O) groups excluding carboxylic acids is 2. The van der Waals surface area contributed by atoms with E-state index < -0.39 is 6.09 Å². The SMILES string of the molecule is Nc1ncccc1CC(=O)c1ccc(CNC(=O)OCc2ccccc2)cc1. The smallest absolute Gasteiger partial charge is 0.407 e. The summed E-state index contributed by atoms with van der Waals surface area (Å²) in [5.41, 5.74) is 8.87. The van der Waals surface area contributed by atoms with E-state index in [0.29, 0.717) is 23.5 Å². The number of nitrogen functional groups attached to an aromatic ring is 1. The maximum absolute atomic E-state index is 12.4. The van der Waals surface area contributed by atoms with Gasteiger partial charge < -0.3 is 15.8 Å². The first-order chi connectivity index (χ1) is 13.6. The summed E-state index contributed by atoms with van der Waals surface area (Å²) in [7, 11) is 0. The minimum absolute atomic E-state index is 0.0403. The fourth-order valence-electron chi connectivity index (χ4n) is 2.63. The Labute approximate surface area is 163 Å². The molecule has 3 rings (SSSR count). The standard InChI is InChI=1S/C22H21N3O3/c23-21-19(7-4-12-24-21)13-20(26)18-10-8-16(9-11-18)14-25-22(27)28-15-17-5-2-1-3-6-17/h1-12H,13-15H2,(H2,23,24)(H,25,27). The van der Waals surface area contributed by atoms with Gasteiger partial charge in [0.1, 0.15) is 12.4 Å². The van der Waals surface area contributed by atoms with Crippen molar-refractivity contribution in [2.45, 2.75) is 19.6 Å². The van der Waals surface area contributed by atoms with Gasteiger partial charge >= 0.3 is 6.09 Å². The number of carbonyl (C=O) groups is 2. The third-order valence-corrected chi connectivity index (χ3v) is 4.20. The number of hydrogen-bond donors (Lipinski definition) is 2. The molecule has 0 aliphatic carbocycles. The molecule has 6 heteroatoms. The summed E-state index contributed by atoms with van der Waals surface area (Å²) >= 11 is 0. The number of amides is 1. The number of ketones is 1. The number of nitrogens with one attached hydrogen (secondary N) is 1. The van der Waals surface area contributed by atoms with Gasteiger partial charge in [-0.05, 0) is 17.2 Å². The monoisotopic (exact) mass is 375 g/mol. The van der Waals surface area contributed by atoms with Crippen molar-refractivity contribution in [3.8, 4) is 0 Å². The highest BCUT2D eigenvalue weighted by Gasteiger charge is 2.10. The normalized spacial score (nSPS) is 10.3. The Bertz CT molecular complexity index is 941. The van der Waals surface area contributed by atoms with Gasteiger partial charge in [-0.25, -0.2) is 9.78 Å². The van der Waals surface area contributed by atoms with E-state index in [9.17, 15) is 9.59 Å². The van der Waals surface area contributed by atoms with Crippen molar-refractivity contribution in [1.82, 2.24) is 10.3 Å². The van der Waals surface area contributed by atoms with Gasteiger partial charge in [0.05, 0.1) is 0 Å². The summed E-state index contributed by atoms with van der Waals surface area (Å²) in [6.45, 7) is 0.537. The predicted molar refractivity (Wildman–Crippen MR) is 107 cm³/mol. The zero-order valence-electron chi connectivity index (χ0n) is 15.3. The Kier molecular flexibility index (Phi) is 6.36. The Morgan fingerprint density at radius 2 is 1.68 bits per heavy atom. The van der Waals surface area contributed by atoms with Crippen LogP contribution in [0.25, 0.3) is 0 Å². The van der Waals surface area contributed by atoms with Crippen molar-refractivity contribution in [3.05, 3.63) is 95.2 Å². The number of ether oxygens (including phenoxy) is 1. The zero-order chi connectivity index (χ0) is 19.8. The lowest BCUT2D eigenvalue weighted by atomic mass is 10.0. The van der Waals surface area contributed by atoms with E-state index in [0.717, 1.165) is 11.1 Å². The molecule has 6 nitrogen and oxygen atoms in total. The van der Waals surface area contributed by atoms with Crippen molar-refractivity contribution < 1.29 is 14.3 Å². The molecule has 28 heavy (non-hydrogen) atoms. The third-order valence-electron chi connectivity index (χ3n) is 4.20. The molecule has 142 valence electrons. The van der Waals surface area contributed by atoms with Crippen molar-refractivity contribution in [3.63, 3.8) is 0 Å². The molecule has 3 N–H and O–H groups in total. The van der Waals surface area contributed by atoms with E-state index in [1.807, 2.05) is 30.3 Å². The van der Waals surface area contributed by atoms with Crippen LogP contribution >= 0.6 is 0 Å². The van der Waals surface area contributed by atoms with Crippen molar-refractivity contribution in [2.24, 2.45) is 0 Å². The third kappa shape index (κ3) is 5.41. The lowest BCUT2D eigenvalue weighted by molar-refractivity contribution is 0.0993. The zero-order valence-corrected chi connectivity index (χ0v) is 15.3. The Hall–Kier alpha value is -3.67. The highest BCUT2D eigenvalue weighted by atomic mass is 16.5. The molecule has 0 fully saturated rings. The largest absolute Gasteiger partial charge is 0.445 e. The van der Waals surface area contributed by atoms with Crippen molar-refractivity contribution in [1.29, 1.82) is 0 Å². The molecule has 1 heterocycles. The van der Waals surface area contributed by atoms with Crippen LogP contribution in [0.15, 0.2) is 72.9 Å². The first kappa shape index (κ1) is 19.1. The van der Waals surface area contributed by atoms with Crippen LogP contribution in [0, 0.1) is 0 Å². The molecule has 0 aliphatic rings. The molecule has 0 radical (unpaired) electrons. The molecule has 3 aromatic rings. The number of hydrogen-bond acceptors (Lipinski definition) is 5. The Balaban J connectivity index is 1.48. The maximum atomic E-state index is 12.4. The van der Waals surface area contributed by atoms with E-state index in [-0.39, 0.29) is 18.8 Å². The average molecular weight is 375 g/mol. The van der Waals surface area contributed by atoms with E-state index in [2.05, 4.69) is 10.3 Å². The summed E-state index contributed by atoms with van der Waals surface area (Å²) in [5.74, 6) is 0.326. The number of nitrogens with zero attached hydrogens (tertiary/aromatic N) is 1. The van der Waals surface area contributed by atoms with E-state index >= 15 is 0 Å². The topological polar surface area (TPSA) is 94.3 Å². The highest BCUT2D eigenvalue weighted by molar-refractivity contribution is 5.98. The second-order valence-electron chi connectivity index (χ2n) is 6.26. The molecule has 2 aromatic carbocycles. The minimum Gasteiger partial charge on any atom is -0.445 e. The lowest BCUT2D eigenvalue weighted by Gasteiger charge is -2.08. The summed E-state index contributed by atoms with van der Waals surface area (Å²) in [6, 6.07) is 20.1. The van der Waals surface area contributed by atoms with Gasteiger partial charge in [-0.15, -0.1) is 0 Å². The molecule has 1 aromatic heterocycles. The number of benzene rings is 2. The maximum Gasteiger partial charge on any atom is 0.407 e. The highest BCUT2D eigenvalue weighted by Crippen LogP contribution is 2.13. The number of pyridine rings is 1. The van der Waals surface area contributed by atoms with E-state index in [4.69, 9.17) is 10.5 Å². The number of alkyl carbamates (subject to hydrolysis) is 1. The van der Waals surface area contributed by atoms with Crippen LogP contribution < -0.4 is 11.1 Å². The summed E-state index contributed by atoms with van der Waals surface area (Å²) in [5, 5.41) is 2.69. The Morgan fingerprint density at radius 3 is 2.39 bits per heavy atom. The van der Waals surface area contributed by atoms with Crippen LogP contribution in [0.3, 0.4) is 0 Å². The molecule has 0 bridgehead atoms. The fourth-order valence-corrected chi connectivity index (χ4v) is 2.63. The van der Waals surface area contributed by atoms with Crippen LogP contribution in [0.5, 0.6) is 0 Å². The van der Waals surface area contributed by atoms with Crippen LogP contribution in [0.4, 0.5) is 10.6 Å². The average Bonchev–Trinajstić information content (AvgIpc) is 2.73. The van der Waals surface area contributed by atoms with Crippen LogP contribution in [-0.2, 0) is 24.3 Å². The molecular formula is C22H21N3O3. The summed E-state index contributed by atoms with van der Waals surface area (Å²) < 4.78 is 5.17. The van der Waals surface area contributed by atoms with Gasteiger partial charge in [0, 0.05) is 30.3 Å². The van der Waals surface area contributed by atoms with Gasteiger partial charge in [-0.1, -0.05) is 60.7 Å². The molecular weight excluding hydrogens is 354 g/mol. The van der Waals surface area contributed by atoms with Gasteiger partial charge in [-0.3, -0.25) is 4.79 Å². The predicted octanol–water partition coefficient (Wildman–Crippen LogP) is 3.52. The number of aromatic nitrogens is 1. The molecule has 0 spiro atoms. The number of rotatable bonds is 7. The van der Waals surface area contributed by atoms with Crippen LogP contribution in [0.1, 0.15) is 27.0 Å². The van der Waals surface area contributed by atoms with Crippen molar-refractivity contribution >= 4 is 17.7 Å². The number of Topliss-reactive ketones (excluding diaryl/α,β-unsaturated/α-hetero) is 1. The van der Waals surface area contributed by atoms with Gasteiger partial charge in [0.2, 0.25) is 0 Å². The molecule has 0 saturated carbocycles. The van der Waals surface area contributed by atoms with Gasteiger partial charge in [0.25, 0.3) is 0 Å². The molecule has 1 amide bonds. The van der Waals surface area contributed by atoms with Crippen LogP contribution in [0.2, 0.25) is 0 Å². The molecule has 0 atom stereocenters. The minimum atomic E-state index is -0.490. The van der Waals surface area contributed by atoms with Crippen LogP contribution in [-0.4, -0.2) is 16.9 Å². The second kappa shape index (κ2) is 9.32. The number of anilines is 1. The molecule has 0 unspecified atom stereocenters. The number of nitrogens with two attached hydrogens (primary N) is 1. The van der Waals surface area contributed by atoms with Gasteiger partial charge in [0.15, 0.2) is 5.78 Å². The van der Waals surface area contributed by atoms with Crippen molar-refractivity contribution in [2.75, 3.05) is 5.73 Å². The van der Waals surface area contributed by atoms with E-state index in [1.165, 1.54) is 0 Å². The van der Waals surface area contributed by atoms with E-state index in [1.54, 1.807) is 42.6 Å². The first-order valence-electron chi connectivity index (χ1n) is 8.88. The quantitative estimate of drug-likeness (QED) is 0.616.